The van der Waals surface area contributed by atoms with Crippen molar-refractivity contribution in [1.29, 1.82) is 0 Å². The topological polar surface area (TPSA) is 55.2 Å². The van der Waals surface area contributed by atoms with Crippen molar-refractivity contribution in [3.63, 3.8) is 0 Å². The van der Waals surface area contributed by atoms with Gasteiger partial charge in [0.2, 0.25) is 0 Å². The van der Waals surface area contributed by atoms with Crippen LogP contribution in [-0.2, 0) is 0 Å². The molecule has 0 spiro atoms. The first kappa shape index (κ1) is 14.2. The van der Waals surface area contributed by atoms with Gasteiger partial charge in [0.05, 0.1) is 4.92 Å². The van der Waals surface area contributed by atoms with Crippen LogP contribution >= 0.6 is 24.0 Å². The Hall–Kier alpha value is -0.840. The molecule has 0 amide bonds. The minimum atomic E-state index is -0.386. The van der Waals surface area contributed by atoms with Gasteiger partial charge < -0.3 is 5.32 Å². The molecule has 1 aromatic rings. The van der Waals surface area contributed by atoms with Crippen molar-refractivity contribution in [1.82, 2.24) is 5.32 Å². The van der Waals surface area contributed by atoms with Crippen LogP contribution in [0.4, 0.5) is 5.69 Å². The number of nitro groups is 1. The van der Waals surface area contributed by atoms with Crippen molar-refractivity contribution in [3.8, 4) is 0 Å². The smallest absolute Gasteiger partial charge is 0.269 e. The van der Waals surface area contributed by atoms with E-state index in [2.05, 4.69) is 5.32 Å². The molecule has 4 nitrogen and oxygen atoms in total. The third-order valence-electron chi connectivity index (χ3n) is 2.88. The summed E-state index contributed by atoms with van der Waals surface area (Å²) in [5.41, 5.74) is 0.947. The Kier molecular flexibility index (Phi) is 5.18. The number of nitro benzene ring substituents is 1. The van der Waals surface area contributed by atoms with Crippen molar-refractivity contribution in [3.05, 3.63) is 38.9 Å². The zero-order valence-electron chi connectivity index (χ0n) is 9.19. The molecule has 1 heterocycles. The maximum Gasteiger partial charge on any atom is 0.269 e. The van der Waals surface area contributed by atoms with Crippen LogP contribution in [0.5, 0.6) is 0 Å². The van der Waals surface area contributed by atoms with Crippen molar-refractivity contribution in [2.75, 3.05) is 6.54 Å². The van der Waals surface area contributed by atoms with Crippen LogP contribution in [0, 0.1) is 10.1 Å². The van der Waals surface area contributed by atoms with Gasteiger partial charge in [-0.2, -0.15) is 0 Å². The van der Waals surface area contributed by atoms with Gasteiger partial charge in [-0.15, -0.1) is 12.4 Å². The van der Waals surface area contributed by atoms with E-state index in [9.17, 15) is 10.1 Å². The third-order valence-corrected chi connectivity index (χ3v) is 3.22. The molecule has 1 atom stereocenters. The number of nitrogens with one attached hydrogen (secondary N) is 1. The Balaban J connectivity index is 0.00000144. The van der Waals surface area contributed by atoms with E-state index in [1.54, 1.807) is 12.1 Å². The summed E-state index contributed by atoms with van der Waals surface area (Å²) in [6, 6.07) is 4.77. The van der Waals surface area contributed by atoms with Crippen molar-refractivity contribution in [2.24, 2.45) is 0 Å². The van der Waals surface area contributed by atoms with Gasteiger partial charge in [0.1, 0.15) is 0 Å². The molecule has 1 N–H and O–H groups in total. The number of non-ortho nitro benzene ring substituents is 1. The van der Waals surface area contributed by atoms with Gasteiger partial charge >= 0.3 is 0 Å². The maximum atomic E-state index is 10.7. The lowest BCUT2D eigenvalue weighted by Crippen LogP contribution is -2.27. The predicted octanol–water partition coefficient (Wildman–Crippen LogP) is 3.48. The predicted molar refractivity (Wildman–Crippen MR) is 69.9 cm³/mol. The number of benzene rings is 1. The maximum absolute atomic E-state index is 10.7. The summed E-state index contributed by atoms with van der Waals surface area (Å²) in [6.45, 7) is 0.948. The number of halogens is 2. The van der Waals surface area contributed by atoms with E-state index in [1.807, 2.05) is 0 Å². The highest BCUT2D eigenvalue weighted by molar-refractivity contribution is 6.31. The molecule has 1 aromatic carbocycles. The molecule has 17 heavy (non-hydrogen) atoms. The van der Waals surface area contributed by atoms with Crippen molar-refractivity contribution >= 4 is 29.7 Å². The van der Waals surface area contributed by atoms with Crippen LogP contribution in [0.25, 0.3) is 0 Å². The van der Waals surface area contributed by atoms with Crippen molar-refractivity contribution in [2.45, 2.75) is 25.3 Å². The van der Waals surface area contributed by atoms with Gasteiger partial charge in [-0.3, -0.25) is 10.1 Å². The average molecular weight is 277 g/mol. The lowest BCUT2D eigenvalue weighted by Gasteiger charge is -2.24. The van der Waals surface area contributed by atoms with Crippen LogP contribution in [0.1, 0.15) is 30.9 Å². The quantitative estimate of drug-likeness (QED) is 0.665. The summed E-state index contributed by atoms with van der Waals surface area (Å²) >= 11 is 6.07. The highest BCUT2D eigenvalue weighted by Crippen LogP contribution is 2.31. The van der Waals surface area contributed by atoms with Gasteiger partial charge in [0.15, 0.2) is 0 Å². The van der Waals surface area contributed by atoms with Gasteiger partial charge in [0.25, 0.3) is 5.69 Å². The Labute approximate surface area is 111 Å². The van der Waals surface area contributed by atoms with Crippen LogP contribution < -0.4 is 5.32 Å². The first-order valence-corrected chi connectivity index (χ1v) is 5.73. The Morgan fingerprint density at radius 1 is 1.41 bits per heavy atom. The normalized spacial score (nSPS) is 19.5. The molecule has 1 aliphatic heterocycles. The highest BCUT2D eigenvalue weighted by Gasteiger charge is 2.19. The summed E-state index contributed by atoms with van der Waals surface area (Å²) in [5.74, 6) is 0. The summed E-state index contributed by atoms with van der Waals surface area (Å²) in [4.78, 5) is 10.3. The zero-order valence-corrected chi connectivity index (χ0v) is 10.8. The molecule has 6 heteroatoms. The molecule has 1 fully saturated rings. The van der Waals surface area contributed by atoms with Crippen LogP contribution in [0.15, 0.2) is 18.2 Å². The molecular formula is C11H14Cl2N2O2. The first-order valence-electron chi connectivity index (χ1n) is 5.35. The lowest BCUT2D eigenvalue weighted by molar-refractivity contribution is -0.384. The molecule has 0 aliphatic carbocycles. The van der Waals surface area contributed by atoms with E-state index in [0.717, 1.165) is 31.4 Å². The average Bonchev–Trinajstić information content (AvgIpc) is 2.30. The zero-order chi connectivity index (χ0) is 11.5. The fourth-order valence-corrected chi connectivity index (χ4v) is 2.28. The fourth-order valence-electron chi connectivity index (χ4n) is 2.03. The molecular weight excluding hydrogens is 263 g/mol. The second-order valence-electron chi connectivity index (χ2n) is 3.97. The van der Waals surface area contributed by atoms with Crippen LogP contribution in [0.2, 0.25) is 5.02 Å². The number of rotatable bonds is 2. The van der Waals surface area contributed by atoms with Crippen LogP contribution in [-0.4, -0.2) is 11.5 Å². The highest BCUT2D eigenvalue weighted by atomic mass is 35.5. The summed E-state index contributed by atoms with van der Waals surface area (Å²) in [6.07, 6.45) is 3.28. The number of piperidine rings is 1. The Morgan fingerprint density at radius 2 is 2.18 bits per heavy atom. The largest absolute Gasteiger partial charge is 0.310 e. The summed E-state index contributed by atoms with van der Waals surface area (Å²) < 4.78 is 0. The second kappa shape index (κ2) is 6.19. The lowest BCUT2D eigenvalue weighted by atomic mass is 9.97. The van der Waals surface area contributed by atoms with Crippen LogP contribution in [0.3, 0.4) is 0 Å². The molecule has 0 unspecified atom stereocenters. The summed E-state index contributed by atoms with van der Waals surface area (Å²) in [7, 11) is 0. The van der Waals surface area contributed by atoms with E-state index in [-0.39, 0.29) is 29.1 Å². The van der Waals surface area contributed by atoms with Gasteiger partial charge in [-0.05, 0) is 31.0 Å². The number of hydrogen-bond acceptors (Lipinski definition) is 3. The second-order valence-corrected chi connectivity index (χ2v) is 4.37. The molecule has 0 saturated carbocycles. The number of hydrogen-bond donors (Lipinski definition) is 1. The molecule has 1 saturated heterocycles. The van der Waals surface area contributed by atoms with Crippen molar-refractivity contribution < 1.29 is 4.92 Å². The third kappa shape index (κ3) is 3.31. The molecule has 94 valence electrons. The van der Waals surface area contributed by atoms with E-state index in [1.165, 1.54) is 6.07 Å². The standard InChI is InChI=1S/C11H13ClN2O2.ClH/c12-10-5-4-8(14(15)16)7-9(10)11-3-1-2-6-13-11;/h4-5,7,11,13H,1-3,6H2;1H/t11-;/m0./s1. The van der Waals surface area contributed by atoms with Gasteiger partial charge in [0, 0.05) is 23.2 Å². The monoisotopic (exact) mass is 276 g/mol. The molecule has 0 radical (unpaired) electrons. The Bertz CT molecular complexity index is 406. The molecule has 0 bridgehead atoms. The first-order chi connectivity index (χ1) is 7.68. The van der Waals surface area contributed by atoms with E-state index < -0.39 is 0 Å². The SMILES string of the molecule is Cl.O=[N+]([O-])c1ccc(Cl)c([C@@H]2CCCCN2)c1. The molecule has 2 rings (SSSR count). The van der Waals surface area contributed by atoms with Gasteiger partial charge in [-0.1, -0.05) is 18.0 Å². The minimum absolute atomic E-state index is 0. The fraction of sp³-hybridized carbons (Fsp3) is 0.455. The van der Waals surface area contributed by atoms with E-state index >= 15 is 0 Å². The van der Waals surface area contributed by atoms with E-state index in [0.29, 0.717) is 5.02 Å². The van der Waals surface area contributed by atoms with E-state index in [4.69, 9.17) is 11.6 Å². The Morgan fingerprint density at radius 3 is 2.76 bits per heavy atom. The summed E-state index contributed by atoms with van der Waals surface area (Å²) in [5, 5.41) is 14.6. The van der Waals surface area contributed by atoms with Gasteiger partial charge in [-0.25, -0.2) is 0 Å². The minimum Gasteiger partial charge on any atom is -0.310 e. The molecule has 0 aromatic heterocycles. The molecule has 1 aliphatic rings. The number of nitrogens with zero attached hydrogens (tertiary/aromatic N) is 1.